The molecule has 0 spiro atoms. The molecule has 0 saturated carbocycles. The number of hydrogen-bond acceptors (Lipinski definition) is 6. The van der Waals surface area contributed by atoms with Crippen molar-refractivity contribution in [2.75, 3.05) is 12.9 Å². The molecule has 1 amide bonds. The van der Waals surface area contributed by atoms with Gasteiger partial charge in [-0.1, -0.05) is 60.3 Å². The molecule has 1 atom stereocenters. The van der Waals surface area contributed by atoms with Crippen LogP contribution in [0.3, 0.4) is 0 Å². The topological polar surface area (TPSA) is 88.4 Å². The molecule has 0 radical (unpaired) electrons. The molecule has 148 valence electrons. The minimum atomic E-state index is -0.423. The molecule has 0 bridgehead atoms. The van der Waals surface area contributed by atoms with Crippen LogP contribution in [0.25, 0.3) is 0 Å². The summed E-state index contributed by atoms with van der Waals surface area (Å²) in [6.45, 7) is 0.181. The van der Waals surface area contributed by atoms with E-state index in [1.54, 1.807) is 13.2 Å². The molecule has 0 fully saturated rings. The molecule has 1 aliphatic heterocycles. The van der Waals surface area contributed by atoms with Crippen LogP contribution in [0.4, 0.5) is 0 Å². The Bertz CT molecular complexity index is 966. The van der Waals surface area contributed by atoms with Gasteiger partial charge in [0.1, 0.15) is 12.4 Å². The minimum Gasteiger partial charge on any atom is -0.496 e. The van der Waals surface area contributed by atoms with Crippen LogP contribution in [0.2, 0.25) is 0 Å². The fourth-order valence-corrected chi connectivity index (χ4v) is 3.94. The number of nitriles is 1. The number of rotatable bonds is 7. The van der Waals surface area contributed by atoms with E-state index < -0.39 is 11.9 Å². The lowest BCUT2D eigenvalue weighted by Crippen LogP contribution is -2.31. The number of carbonyl (C=O) groups is 2. The van der Waals surface area contributed by atoms with E-state index in [0.717, 1.165) is 22.9 Å². The number of carbonyl (C=O) groups excluding carboxylic acids is 2. The van der Waals surface area contributed by atoms with E-state index in [0.29, 0.717) is 16.4 Å². The number of amides is 1. The van der Waals surface area contributed by atoms with Gasteiger partial charge in [0.15, 0.2) is 0 Å². The number of nitrogens with zero attached hydrogens (tertiary/aromatic N) is 1. The summed E-state index contributed by atoms with van der Waals surface area (Å²) in [5.41, 5.74) is 2.08. The van der Waals surface area contributed by atoms with Crippen LogP contribution in [-0.4, -0.2) is 24.7 Å². The maximum atomic E-state index is 12.2. The predicted molar refractivity (Wildman–Crippen MR) is 110 cm³/mol. The zero-order chi connectivity index (χ0) is 20.6. The van der Waals surface area contributed by atoms with Gasteiger partial charge in [0.25, 0.3) is 0 Å². The highest BCUT2D eigenvalue weighted by Gasteiger charge is 2.31. The lowest BCUT2D eigenvalue weighted by atomic mass is 9.86. The van der Waals surface area contributed by atoms with Crippen molar-refractivity contribution in [2.45, 2.75) is 18.9 Å². The van der Waals surface area contributed by atoms with Gasteiger partial charge in [-0.05, 0) is 11.6 Å². The highest BCUT2D eigenvalue weighted by molar-refractivity contribution is 8.03. The zero-order valence-electron chi connectivity index (χ0n) is 15.9. The second-order valence-corrected chi connectivity index (χ2v) is 7.32. The monoisotopic (exact) mass is 408 g/mol. The number of ether oxygens (including phenoxy) is 2. The molecule has 2 aromatic rings. The van der Waals surface area contributed by atoms with Gasteiger partial charge in [-0.3, -0.25) is 9.59 Å². The van der Waals surface area contributed by atoms with E-state index in [2.05, 4.69) is 11.4 Å². The van der Waals surface area contributed by atoms with Crippen LogP contribution < -0.4 is 10.1 Å². The van der Waals surface area contributed by atoms with Crippen LogP contribution in [0.5, 0.6) is 5.75 Å². The molecule has 1 N–H and O–H groups in total. The number of esters is 1. The van der Waals surface area contributed by atoms with Gasteiger partial charge in [-0.2, -0.15) is 5.26 Å². The molecule has 0 aliphatic carbocycles. The summed E-state index contributed by atoms with van der Waals surface area (Å²) in [7, 11) is 1.55. The van der Waals surface area contributed by atoms with Crippen molar-refractivity contribution >= 4 is 23.6 Å². The summed E-state index contributed by atoms with van der Waals surface area (Å²) in [4.78, 5) is 24.4. The third-order valence-corrected chi connectivity index (χ3v) is 5.44. The minimum absolute atomic E-state index is 0.00767. The summed E-state index contributed by atoms with van der Waals surface area (Å²) in [5, 5.41) is 12.8. The molecule has 29 heavy (non-hydrogen) atoms. The summed E-state index contributed by atoms with van der Waals surface area (Å²) < 4.78 is 10.7. The normalized spacial score (nSPS) is 16.0. The fraction of sp³-hybridized carbons (Fsp3) is 0.227. The van der Waals surface area contributed by atoms with Crippen molar-refractivity contribution in [3.63, 3.8) is 0 Å². The Labute approximate surface area is 173 Å². The van der Waals surface area contributed by atoms with Crippen LogP contribution in [0.1, 0.15) is 23.5 Å². The van der Waals surface area contributed by atoms with Crippen molar-refractivity contribution in [1.29, 1.82) is 5.26 Å². The Kier molecular flexibility index (Phi) is 6.93. The molecule has 0 aromatic heterocycles. The van der Waals surface area contributed by atoms with E-state index in [1.165, 1.54) is 0 Å². The van der Waals surface area contributed by atoms with E-state index in [4.69, 9.17) is 9.47 Å². The first kappa shape index (κ1) is 20.5. The summed E-state index contributed by atoms with van der Waals surface area (Å²) >= 11 is 1.10. The Balaban J connectivity index is 1.72. The molecule has 3 rings (SSSR count). The Morgan fingerprint density at radius 2 is 1.93 bits per heavy atom. The van der Waals surface area contributed by atoms with Crippen LogP contribution >= 0.6 is 11.8 Å². The highest BCUT2D eigenvalue weighted by Crippen LogP contribution is 2.39. The maximum absolute atomic E-state index is 12.2. The fourth-order valence-electron chi connectivity index (χ4n) is 3.06. The number of allylic oxidation sites excluding steroid dienone is 1. The quantitative estimate of drug-likeness (QED) is 0.706. The lowest BCUT2D eigenvalue weighted by molar-refractivity contribution is -0.141. The Morgan fingerprint density at radius 1 is 1.21 bits per heavy atom. The number of benzene rings is 2. The van der Waals surface area contributed by atoms with Gasteiger partial charge in [0, 0.05) is 17.9 Å². The third-order valence-electron chi connectivity index (χ3n) is 4.45. The van der Waals surface area contributed by atoms with E-state index in [1.807, 2.05) is 48.5 Å². The van der Waals surface area contributed by atoms with Gasteiger partial charge in [0.05, 0.1) is 29.5 Å². The molecule has 1 aliphatic rings. The van der Waals surface area contributed by atoms with Crippen molar-refractivity contribution in [3.05, 3.63) is 76.3 Å². The van der Waals surface area contributed by atoms with Crippen molar-refractivity contribution in [1.82, 2.24) is 5.32 Å². The molecule has 0 unspecified atom stereocenters. The van der Waals surface area contributed by atoms with Crippen LogP contribution in [-0.2, 0) is 20.9 Å². The van der Waals surface area contributed by atoms with Crippen LogP contribution in [0.15, 0.2) is 65.2 Å². The van der Waals surface area contributed by atoms with E-state index >= 15 is 0 Å². The highest BCUT2D eigenvalue weighted by atomic mass is 32.2. The third kappa shape index (κ3) is 5.18. The first-order valence-electron chi connectivity index (χ1n) is 9.01. The Hall–Kier alpha value is -3.24. The second kappa shape index (κ2) is 9.80. The van der Waals surface area contributed by atoms with E-state index in [-0.39, 0.29) is 24.7 Å². The number of thioether (sulfide) groups is 1. The lowest BCUT2D eigenvalue weighted by Gasteiger charge is -2.26. The second-order valence-electron chi connectivity index (χ2n) is 6.34. The molecular formula is C22H20N2O4S. The molecule has 0 saturated heterocycles. The zero-order valence-corrected chi connectivity index (χ0v) is 16.7. The van der Waals surface area contributed by atoms with E-state index in [9.17, 15) is 14.9 Å². The first-order chi connectivity index (χ1) is 14.1. The van der Waals surface area contributed by atoms with Crippen molar-refractivity contribution in [2.24, 2.45) is 0 Å². The maximum Gasteiger partial charge on any atom is 0.316 e. The number of para-hydroxylation sites is 1. The molecule has 2 aromatic carbocycles. The summed E-state index contributed by atoms with van der Waals surface area (Å²) in [6, 6.07) is 18.9. The number of methoxy groups -OCH3 is 1. The molecular weight excluding hydrogens is 388 g/mol. The summed E-state index contributed by atoms with van der Waals surface area (Å²) in [5.74, 6) is -0.441. The smallest absolute Gasteiger partial charge is 0.316 e. The van der Waals surface area contributed by atoms with Gasteiger partial charge in [-0.15, -0.1) is 0 Å². The molecule has 6 nitrogen and oxygen atoms in total. The SMILES string of the molecule is COc1ccccc1[C@H]1CC(=O)NC(SCC(=O)OCc2ccccc2)=C1C#N. The first-order valence-corrected chi connectivity index (χ1v) is 10.00. The summed E-state index contributed by atoms with van der Waals surface area (Å²) in [6.07, 6.45) is 0.145. The average Bonchev–Trinajstić information content (AvgIpc) is 2.76. The average molecular weight is 408 g/mol. The largest absolute Gasteiger partial charge is 0.496 e. The number of hydrogen-bond donors (Lipinski definition) is 1. The molecule has 7 heteroatoms. The van der Waals surface area contributed by atoms with Crippen molar-refractivity contribution < 1.29 is 19.1 Å². The van der Waals surface area contributed by atoms with Gasteiger partial charge < -0.3 is 14.8 Å². The molecule has 1 heterocycles. The van der Waals surface area contributed by atoms with Gasteiger partial charge in [-0.25, -0.2) is 0 Å². The predicted octanol–water partition coefficient (Wildman–Crippen LogP) is 3.51. The Morgan fingerprint density at radius 3 is 2.66 bits per heavy atom. The van der Waals surface area contributed by atoms with Gasteiger partial charge >= 0.3 is 5.97 Å². The van der Waals surface area contributed by atoms with Crippen LogP contribution in [0, 0.1) is 11.3 Å². The standard InChI is InChI=1S/C22H20N2O4S/c1-27-19-10-6-5-9-16(19)17-11-20(25)24-22(18(17)12-23)29-14-21(26)28-13-15-7-3-2-4-8-15/h2-10,17H,11,13-14H2,1H3,(H,24,25)/t17-/m1/s1. The van der Waals surface area contributed by atoms with Gasteiger partial charge in [0.2, 0.25) is 5.91 Å². The van der Waals surface area contributed by atoms with Crippen molar-refractivity contribution in [3.8, 4) is 11.8 Å². The number of nitrogens with one attached hydrogen (secondary N) is 1.